The van der Waals surface area contributed by atoms with Crippen molar-refractivity contribution in [3.63, 3.8) is 0 Å². The first kappa shape index (κ1) is 25.0. The summed E-state index contributed by atoms with van der Waals surface area (Å²) in [5.74, 6) is -0.469. The second-order valence-corrected chi connectivity index (χ2v) is 7.24. The molecule has 26 heavy (non-hydrogen) atoms. The summed E-state index contributed by atoms with van der Waals surface area (Å²) < 4.78 is 0. The van der Waals surface area contributed by atoms with E-state index in [-0.39, 0.29) is 42.7 Å². The van der Waals surface area contributed by atoms with Gasteiger partial charge in [-0.25, -0.2) is 0 Å². The Labute approximate surface area is 172 Å². The number of nitrogens with zero attached hydrogens (tertiary/aromatic N) is 1. The van der Waals surface area contributed by atoms with E-state index in [9.17, 15) is 9.59 Å². The molecule has 0 radical (unpaired) electrons. The summed E-state index contributed by atoms with van der Waals surface area (Å²) in [7, 11) is 0. The highest BCUT2D eigenvalue weighted by Crippen LogP contribution is 2.28. The van der Waals surface area contributed by atoms with E-state index in [2.05, 4.69) is 5.32 Å². The van der Waals surface area contributed by atoms with Crippen LogP contribution in [0.4, 0.5) is 0 Å². The minimum Gasteiger partial charge on any atom is -0.346 e. The Morgan fingerprint density at radius 1 is 1.19 bits per heavy atom. The third kappa shape index (κ3) is 6.95. The second kappa shape index (κ2) is 11.7. The van der Waals surface area contributed by atoms with E-state index >= 15 is 0 Å². The maximum atomic E-state index is 12.6. The molecule has 1 unspecified atom stereocenters. The minimum absolute atomic E-state index is 0. The van der Waals surface area contributed by atoms with Crippen LogP contribution in [0.25, 0.3) is 0 Å². The van der Waals surface area contributed by atoms with Crippen LogP contribution in [0.15, 0.2) is 18.2 Å². The van der Waals surface area contributed by atoms with Crippen molar-refractivity contribution in [3.05, 3.63) is 33.8 Å². The van der Waals surface area contributed by atoms with E-state index in [4.69, 9.17) is 28.9 Å². The average Bonchev–Trinajstić information content (AvgIpc) is 2.58. The monoisotopic (exact) mass is 423 g/mol. The topological polar surface area (TPSA) is 75.4 Å². The molecule has 0 aliphatic heterocycles. The Hall–Kier alpha value is -1.01. The van der Waals surface area contributed by atoms with Crippen LogP contribution in [0, 0.1) is 5.92 Å². The van der Waals surface area contributed by atoms with Crippen LogP contribution in [0.5, 0.6) is 0 Å². The molecule has 0 aliphatic carbocycles. The van der Waals surface area contributed by atoms with Crippen LogP contribution in [0.3, 0.4) is 0 Å². The fraction of sp³-hybridized carbons (Fsp3) is 0.556. The third-order valence-electron chi connectivity index (χ3n) is 4.11. The van der Waals surface area contributed by atoms with Gasteiger partial charge in [0.05, 0.1) is 28.7 Å². The summed E-state index contributed by atoms with van der Waals surface area (Å²) in [6.07, 6.45) is 0.802. The maximum Gasteiger partial charge on any atom is 0.242 e. The van der Waals surface area contributed by atoms with E-state index in [1.807, 2.05) is 33.8 Å². The van der Waals surface area contributed by atoms with Gasteiger partial charge in [0.2, 0.25) is 11.8 Å². The summed E-state index contributed by atoms with van der Waals surface area (Å²) in [6, 6.07) is 4.52. The molecule has 0 heterocycles. The van der Waals surface area contributed by atoms with Gasteiger partial charge in [0, 0.05) is 6.54 Å². The van der Waals surface area contributed by atoms with Gasteiger partial charge in [0.25, 0.3) is 0 Å². The number of nitrogens with two attached hydrogens (primary N) is 1. The molecule has 0 fully saturated rings. The smallest absolute Gasteiger partial charge is 0.242 e. The number of carbonyl (C=O) groups is 2. The minimum atomic E-state index is -0.625. The first-order valence-corrected chi connectivity index (χ1v) is 9.22. The average molecular weight is 425 g/mol. The molecule has 1 aromatic carbocycles. The zero-order chi connectivity index (χ0) is 19.1. The zero-order valence-electron chi connectivity index (χ0n) is 15.6. The van der Waals surface area contributed by atoms with Crippen LogP contribution >= 0.6 is 35.6 Å². The zero-order valence-corrected chi connectivity index (χ0v) is 17.9. The summed E-state index contributed by atoms with van der Waals surface area (Å²) >= 11 is 12.0. The van der Waals surface area contributed by atoms with Crippen molar-refractivity contribution in [2.24, 2.45) is 11.7 Å². The molecular weight excluding hydrogens is 397 g/mol. The van der Waals surface area contributed by atoms with E-state index in [1.165, 1.54) is 0 Å². The van der Waals surface area contributed by atoms with Crippen molar-refractivity contribution in [2.75, 3.05) is 13.1 Å². The fourth-order valence-electron chi connectivity index (χ4n) is 2.41. The molecule has 0 bridgehead atoms. The Balaban J connectivity index is 0.00000625. The van der Waals surface area contributed by atoms with E-state index in [0.29, 0.717) is 16.6 Å². The van der Waals surface area contributed by atoms with Gasteiger partial charge in [-0.05, 0) is 37.0 Å². The normalized spacial score (nSPS) is 12.9. The lowest BCUT2D eigenvalue weighted by atomic mass is 10.0. The maximum absolute atomic E-state index is 12.6. The van der Waals surface area contributed by atoms with Gasteiger partial charge in [0.1, 0.15) is 0 Å². The molecule has 0 aliphatic rings. The van der Waals surface area contributed by atoms with Crippen LogP contribution in [0.2, 0.25) is 10.0 Å². The molecule has 8 heteroatoms. The quantitative estimate of drug-likeness (QED) is 0.666. The van der Waals surface area contributed by atoms with Crippen molar-refractivity contribution in [3.8, 4) is 0 Å². The van der Waals surface area contributed by atoms with E-state index in [0.717, 1.165) is 12.0 Å². The number of nitrogens with one attached hydrogen (secondary N) is 1. The largest absolute Gasteiger partial charge is 0.346 e. The SMILES string of the molecule is CCCN(C(=O)CNC(=O)[C@@H](N)C(C)C)C(C)c1ccc(Cl)c(Cl)c1.Cl. The summed E-state index contributed by atoms with van der Waals surface area (Å²) in [5, 5.41) is 3.55. The molecule has 148 valence electrons. The van der Waals surface area contributed by atoms with Gasteiger partial charge < -0.3 is 16.0 Å². The first-order chi connectivity index (χ1) is 11.7. The highest BCUT2D eigenvalue weighted by molar-refractivity contribution is 6.42. The number of carbonyl (C=O) groups excluding carboxylic acids is 2. The van der Waals surface area contributed by atoms with Gasteiger partial charge in [-0.15, -0.1) is 12.4 Å². The Bertz CT molecular complexity index is 611. The van der Waals surface area contributed by atoms with Crippen LogP contribution in [-0.2, 0) is 9.59 Å². The van der Waals surface area contributed by atoms with Crippen molar-refractivity contribution in [1.29, 1.82) is 0 Å². The van der Waals surface area contributed by atoms with Crippen LogP contribution in [-0.4, -0.2) is 35.8 Å². The first-order valence-electron chi connectivity index (χ1n) is 8.46. The molecular formula is C18H28Cl3N3O2. The van der Waals surface area contributed by atoms with Crippen molar-refractivity contribution in [2.45, 2.75) is 46.2 Å². The van der Waals surface area contributed by atoms with Crippen LogP contribution < -0.4 is 11.1 Å². The molecule has 0 spiro atoms. The third-order valence-corrected chi connectivity index (χ3v) is 4.85. The predicted molar refractivity (Wildman–Crippen MR) is 110 cm³/mol. The summed E-state index contributed by atoms with van der Waals surface area (Å²) in [6.45, 7) is 8.14. The fourth-order valence-corrected chi connectivity index (χ4v) is 2.72. The van der Waals surface area contributed by atoms with Gasteiger partial charge in [-0.1, -0.05) is 50.0 Å². The van der Waals surface area contributed by atoms with Gasteiger partial charge in [0.15, 0.2) is 0 Å². The number of rotatable bonds is 8. The molecule has 1 rings (SSSR count). The van der Waals surface area contributed by atoms with E-state index in [1.54, 1.807) is 17.0 Å². The second-order valence-electron chi connectivity index (χ2n) is 6.42. The van der Waals surface area contributed by atoms with E-state index < -0.39 is 6.04 Å². The Morgan fingerprint density at radius 2 is 1.81 bits per heavy atom. The predicted octanol–water partition coefficient (Wildman–Crippen LogP) is 3.81. The Kier molecular flexibility index (Phi) is 11.2. The molecule has 3 N–H and O–H groups in total. The standard InChI is InChI=1S/C18H27Cl2N3O2.ClH/c1-5-8-23(12(4)13-6-7-14(19)15(20)9-13)16(24)10-22-18(25)17(21)11(2)3;/h6-7,9,11-12,17H,5,8,10,21H2,1-4H3,(H,22,25);1H/t12?,17-;/m0./s1. The lowest BCUT2D eigenvalue weighted by molar-refractivity contribution is -0.135. The summed E-state index contributed by atoms with van der Waals surface area (Å²) in [4.78, 5) is 26.3. The molecule has 0 aromatic heterocycles. The lowest BCUT2D eigenvalue weighted by Crippen LogP contribution is -2.48. The highest BCUT2D eigenvalue weighted by Gasteiger charge is 2.23. The molecule has 0 saturated heterocycles. The summed E-state index contributed by atoms with van der Waals surface area (Å²) in [5.41, 5.74) is 6.69. The van der Waals surface area contributed by atoms with Crippen molar-refractivity contribution >= 4 is 47.4 Å². The van der Waals surface area contributed by atoms with Gasteiger partial charge in [-0.2, -0.15) is 0 Å². The van der Waals surface area contributed by atoms with Crippen LogP contribution in [0.1, 0.15) is 45.7 Å². The highest BCUT2D eigenvalue weighted by atomic mass is 35.5. The van der Waals surface area contributed by atoms with Gasteiger partial charge in [-0.3, -0.25) is 9.59 Å². The number of benzene rings is 1. The molecule has 2 amide bonds. The number of halogens is 3. The number of amides is 2. The molecule has 1 aromatic rings. The Morgan fingerprint density at radius 3 is 2.31 bits per heavy atom. The lowest BCUT2D eigenvalue weighted by Gasteiger charge is -2.30. The number of hydrogen-bond donors (Lipinski definition) is 2. The van der Waals surface area contributed by atoms with Crippen molar-refractivity contribution < 1.29 is 9.59 Å². The molecule has 0 saturated carbocycles. The van der Waals surface area contributed by atoms with Gasteiger partial charge >= 0.3 is 0 Å². The molecule has 2 atom stereocenters. The van der Waals surface area contributed by atoms with Crippen molar-refractivity contribution in [1.82, 2.24) is 10.2 Å². The number of hydrogen-bond acceptors (Lipinski definition) is 3. The molecule has 5 nitrogen and oxygen atoms in total.